The van der Waals surface area contributed by atoms with Gasteiger partial charge in [0.15, 0.2) is 0 Å². The maximum atomic E-state index is 12.2. The highest BCUT2D eigenvalue weighted by atomic mass is 35.5. The Balaban J connectivity index is 0.00000441. The van der Waals surface area contributed by atoms with Gasteiger partial charge < -0.3 is 15.8 Å². The zero-order valence-corrected chi connectivity index (χ0v) is 14.3. The van der Waals surface area contributed by atoms with Gasteiger partial charge in [-0.15, -0.1) is 12.4 Å². The Morgan fingerprint density at radius 1 is 1.18 bits per heavy atom. The Kier molecular flexibility index (Phi) is 8.56. The van der Waals surface area contributed by atoms with Crippen LogP contribution in [-0.2, 0) is 9.53 Å². The van der Waals surface area contributed by atoms with Crippen molar-refractivity contribution >= 4 is 30.0 Å². The quantitative estimate of drug-likeness (QED) is 0.621. The van der Waals surface area contributed by atoms with Gasteiger partial charge in [-0.3, -0.25) is 4.79 Å². The van der Waals surface area contributed by atoms with Gasteiger partial charge in [0.1, 0.15) is 6.04 Å². The van der Waals surface area contributed by atoms with Crippen LogP contribution in [0.25, 0.3) is 0 Å². The Morgan fingerprint density at radius 2 is 1.77 bits per heavy atom. The predicted molar refractivity (Wildman–Crippen MR) is 90.0 cm³/mol. The fourth-order valence-corrected chi connectivity index (χ4v) is 1.94. The minimum atomic E-state index is -0.667. The predicted octanol–water partition coefficient (Wildman–Crippen LogP) is 2.79. The maximum absolute atomic E-state index is 12.2. The summed E-state index contributed by atoms with van der Waals surface area (Å²) in [5.74, 6) is -0.524. The monoisotopic (exact) mass is 328 g/mol. The zero-order valence-electron chi connectivity index (χ0n) is 13.5. The molecule has 0 fully saturated rings. The largest absolute Gasteiger partial charge is 0.461 e. The van der Waals surface area contributed by atoms with Gasteiger partial charge in [-0.2, -0.15) is 0 Å². The minimum absolute atomic E-state index is 0. The highest BCUT2D eigenvalue weighted by molar-refractivity contribution is 6.00. The summed E-state index contributed by atoms with van der Waals surface area (Å²) < 4.78 is 5.20. The number of hydrogen-bond donors (Lipinski definition) is 2. The second kappa shape index (κ2) is 9.30. The molecule has 0 saturated carbocycles. The highest BCUT2D eigenvalue weighted by Crippen LogP contribution is 2.13. The number of rotatable bonds is 6. The molecule has 0 aliphatic rings. The van der Waals surface area contributed by atoms with Crippen LogP contribution in [0.2, 0.25) is 0 Å². The van der Waals surface area contributed by atoms with Crippen LogP contribution >= 0.6 is 12.4 Å². The van der Waals surface area contributed by atoms with Gasteiger partial charge in [0.25, 0.3) is 5.91 Å². The van der Waals surface area contributed by atoms with Crippen molar-refractivity contribution in [2.45, 2.75) is 46.3 Å². The van der Waals surface area contributed by atoms with E-state index in [2.05, 4.69) is 5.32 Å². The molecule has 0 aliphatic heterocycles. The highest BCUT2D eigenvalue weighted by Gasteiger charge is 2.25. The number of carbonyl (C=O) groups excluding carboxylic acids is 2. The van der Waals surface area contributed by atoms with Crippen LogP contribution in [-0.4, -0.2) is 24.0 Å². The first-order valence-electron chi connectivity index (χ1n) is 7.17. The molecule has 5 nitrogen and oxygen atoms in total. The van der Waals surface area contributed by atoms with E-state index in [9.17, 15) is 9.59 Å². The second-order valence-corrected chi connectivity index (χ2v) is 5.73. The number of ether oxygens (including phenoxy) is 1. The number of carbonyl (C=O) groups is 2. The number of hydrogen-bond acceptors (Lipinski definition) is 4. The number of nitrogen functional groups attached to an aromatic ring is 1. The summed E-state index contributed by atoms with van der Waals surface area (Å²) in [6.07, 6.45) is 0.301. The average Bonchev–Trinajstić information content (AvgIpc) is 2.36. The molecule has 0 radical (unpaired) electrons. The fraction of sp³-hybridized carbons (Fsp3) is 0.500. The summed E-state index contributed by atoms with van der Waals surface area (Å²) in [6, 6.07) is 6.10. The Hall–Kier alpha value is -1.75. The number of esters is 1. The van der Waals surface area contributed by atoms with E-state index in [0.717, 1.165) is 0 Å². The summed E-state index contributed by atoms with van der Waals surface area (Å²) in [5.41, 5.74) is 6.53. The van der Waals surface area contributed by atoms with Crippen molar-refractivity contribution < 1.29 is 14.3 Å². The Bertz CT molecular complexity index is 504. The van der Waals surface area contributed by atoms with E-state index in [1.165, 1.54) is 0 Å². The number of anilines is 1. The normalized spacial score (nSPS) is 11.7. The summed E-state index contributed by atoms with van der Waals surface area (Å²) in [4.78, 5) is 24.3. The number of para-hydroxylation sites is 1. The van der Waals surface area contributed by atoms with Crippen molar-refractivity contribution in [2.24, 2.45) is 5.92 Å². The summed E-state index contributed by atoms with van der Waals surface area (Å²) in [6.45, 7) is 7.53. The molecule has 0 spiro atoms. The molecular formula is C16H25ClN2O3. The van der Waals surface area contributed by atoms with Crippen LogP contribution in [0.3, 0.4) is 0 Å². The van der Waals surface area contributed by atoms with Crippen molar-refractivity contribution in [3.63, 3.8) is 0 Å². The standard InChI is InChI=1S/C16H24N2O3.ClH/c1-10(2)9-14(16(20)21-11(3)4)18-15(19)12-7-5-6-8-13(12)17;/h5-8,10-11,14H,9,17H2,1-4H3,(H,18,19);1H/t14-;/m0./s1. The molecule has 6 heteroatoms. The molecule has 124 valence electrons. The smallest absolute Gasteiger partial charge is 0.328 e. The van der Waals surface area contributed by atoms with Crippen molar-refractivity contribution in [3.8, 4) is 0 Å². The van der Waals surface area contributed by atoms with Crippen molar-refractivity contribution in [2.75, 3.05) is 5.73 Å². The zero-order chi connectivity index (χ0) is 16.0. The fourth-order valence-electron chi connectivity index (χ4n) is 1.94. The molecule has 0 saturated heterocycles. The number of amides is 1. The first kappa shape index (κ1) is 20.2. The van der Waals surface area contributed by atoms with Crippen LogP contribution in [0.1, 0.15) is 44.5 Å². The molecule has 1 aromatic rings. The second-order valence-electron chi connectivity index (χ2n) is 5.73. The Labute approximate surface area is 138 Å². The lowest BCUT2D eigenvalue weighted by Crippen LogP contribution is -2.43. The van der Waals surface area contributed by atoms with Crippen molar-refractivity contribution in [3.05, 3.63) is 29.8 Å². The first-order valence-corrected chi connectivity index (χ1v) is 7.17. The molecule has 3 N–H and O–H groups in total. The lowest BCUT2D eigenvalue weighted by Gasteiger charge is -2.21. The average molecular weight is 329 g/mol. The topological polar surface area (TPSA) is 81.4 Å². The first-order chi connectivity index (χ1) is 9.81. The SMILES string of the molecule is CC(C)C[C@H](NC(=O)c1ccccc1N)C(=O)OC(C)C.Cl. The van der Waals surface area contributed by atoms with Gasteiger partial charge >= 0.3 is 5.97 Å². The molecule has 22 heavy (non-hydrogen) atoms. The Morgan fingerprint density at radius 3 is 2.27 bits per heavy atom. The molecule has 1 aromatic carbocycles. The van der Waals surface area contributed by atoms with Gasteiger partial charge in [0, 0.05) is 5.69 Å². The third-order valence-corrected chi connectivity index (χ3v) is 2.85. The molecule has 1 rings (SSSR count). The molecular weight excluding hydrogens is 304 g/mol. The minimum Gasteiger partial charge on any atom is -0.461 e. The van der Waals surface area contributed by atoms with Crippen molar-refractivity contribution in [1.82, 2.24) is 5.32 Å². The molecule has 0 unspecified atom stereocenters. The van der Waals surface area contributed by atoms with E-state index in [1.54, 1.807) is 38.1 Å². The maximum Gasteiger partial charge on any atom is 0.328 e. The summed E-state index contributed by atoms with van der Waals surface area (Å²) in [5, 5.41) is 2.72. The third-order valence-electron chi connectivity index (χ3n) is 2.85. The molecule has 0 aliphatic carbocycles. The van der Waals surface area contributed by atoms with Gasteiger partial charge in [-0.05, 0) is 38.3 Å². The van der Waals surface area contributed by atoms with Crippen molar-refractivity contribution in [1.29, 1.82) is 0 Å². The van der Waals surface area contributed by atoms with Gasteiger partial charge in [-0.25, -0.2) is 4.79 Å². The van der Waals surface area contributed by atoms with Gasteiger partial charge in [-0.1, -0.05) is 26.0 Å². The number of nitrogens with two attached hydrogens (primary N) is 1. The number of benzene rings is 1. The van der Waals surface area contributed by atoms with E-state index >= 15 is 0 Å². The number of halogens is 1. The molecule has 0 bridgehead atoms. The van der Waals surface area contributed by atoms with Crippen LogP contribution in [0.5, 0.6) is 0 Å². The molecule has 0 heterocycles. The lowest BCUT2D eigenvalue weighted by molar-refractivity contribution is -0.150. The van der Waals surface area contributed by atoms with Gasteiger partial charge in [0.05, 0.1) is 11.7 Å². The van der Waals surface area contributed by atoms with Crippen LogP contribution in [0.15, 0.2) is 24.3 Å². The van der Waals surface area contributed by atoms with E-state index in [-0.39, 0.29) is 30.3 Å². The molecule has 1 atom stereocenters. The van der Waals surface area contributed by atoms with E-state index in [1.807, 2.05) is 13.8 Å². The molecule has 1 amide bonds. The van der Waals surface area contributed by atoms with Crippen LogP contribution < -0.4 is 11.1 Å². The summed E-state index contributed by atoms with van der Waals surface area (Å²) in [7, 11) is 0. The summed E-state index contributed by atoms with van der Waals surface area (Å²) >= 11 is 0. The van der Waals surface area contributed by atoms with Gasteiger partial charge in [0.2, 0.25) is 0 Å². The lowest BCUT2D eigenvalue weighted by atomic mass is 10.0. The number of nitrogens with one attached hydrogen (secondary N) is 1. The molecule has 0 aromatic heterocycles. The third kappa shape index (κ3) is 6.35. The van der Waals surface area contributed by atoms with E-state index < -0.39 is 12.0 Å². The van der Waals surface area contributed by atoms with E-state index in [4.69, 9.17) is 10.5 Å². The van der Waals surface area contributed by atoms with Crippen LogP contribution in [0, 0.1) is 5.92 Å². The van der Waals surface area contributed by atoms with E-state index in [0.29, 0.717) is 17.7 Å². The van der Waals surface area contributed by atoms with Crippen LogP contribution in [0.4, 0.5) is 5.69 Å².